The summed E-state index contributed by atoms with van der Waals surface area (Å²) in [6.07, 6.45) is -1.67. The molecule has 1 radical (unpaired) electrons. The minimum Gasteiger partial charge on any atom is -0.350 e. The Balaban J connectivity index is 1.86. The second-order valence-corrected chi connectivity index (χ2v) is 9.41. The molecule has 4 rings (SSSR count). The lowest BCUT2D eigenvalue weighted by atomic mass is 9.93. The number of hydroxylamine groups is 1. The molecule has 3 heterocycles. The van der Waals surface area contributed by atoms with Gasteiger partial charge in [-0.05, 0) is 63.4 Å². The van der Waals surface area contributed by atoms with Gasteiger partial charge in [-0.1, -0.05) is 22.9 Å². The van der Waals surface area contributed by atoms with Crippen molar-refractivity contribution in [2.24, 2.45) is 0 Å². The van der Waals surface area contributed by atoms with Gasteiger partial charge in [-0.3, -0.25) is 9.59 Å². The van der Waals surface area contributed by atoms with Crippen LogP contribution in [0.1, 0.15) is 58.4 Å². The Morgan fingerprint density at radius 3 is 2.50 bits per heavy atom. The van der Waals surface area contributed by atoms with Crippen LogP contribution in [0.15, 0.2) is 42.2 Å². The second-order valence-electron chi connectivity index (χ2n) is 9.00. The largest absolute Gasteiger partial charge is 0.435 e. The number of carbonyl (C=O) groups is 2. The topological polar surface area (TPSA) is 112 Å². The molecule has 38 heavy (non-hydrogen) atoms. The van der Waals surface area contributed by atoms with Crippen molar-refractivity contribution in [3.63, 3.8) is 0 Å². The molecule has 0 atom stereocenters. The summed E-state index contributed by atoms with van der Waals surface area (Å²) >= 11 is 6.14. The van der Waals surface area contributed by atoms with Gasteiger partial charge in [0.05, 0.1) is 22.0 Å². The smallest absolute Gasteiger partial charge is 0.350 e. The summed E-state index contributed by atoms with van der Waals surface area (Å²) in [6.45, 7) is 6.71. The number of halogens is 4. The van der Waals surface area contributed by atoms with Crippen molar-refractivity contribution in [1.29, 1.82) is 0 Å². The fourth-order valence-electron chi connectivity index (χ4n) is 4.05. The Bertz CT molecular complexity index is 1470. The van der Waals surface area contributed by atoms with Crippen LogP contribution < -0.4 is 15.7 Å². The van der Waals surface area contributed by atoms with Crippen molar-refractivity contribution in [1.82, 2.24) is 20.1 Å². The standard InChI is InChI=1S/C25H23ClF3N6O3/c1-12(2)31-24(37)20-15-8-7-14(4)35(38)17(15)10-13(3)21(20)32-23(36)18-11-19(25(27,28)29)33-34(18)22-16(26)6-5-9-30-22/h5-7,9-12H,8H2,1-4H3,(H,31,37)(H,32,36). The Kier molecular flexibility index (Phi) is 7.22. The lowest BCUT2D eigenvalue weighted by Crippen LogP contribution is -2.33. The van der Waals surface area contributed by atoms with E-state index in [-0.39, 0.29) is 40.2 Å². The Labute approximate surface area is 220 Å². The van der Waals surface area contributed by atoms with E-state index in [0.717, 1.165) is 0 Å². The van der Waals surface area contributed by atoms with Gasteiger partial charge < -0.3 is 10.6 Å². The molecule has 199 valence electrons. The molecule has 0 aliphatic carbocycles. The van der Waals surface area contributed by atoms with Crippen LogP contribution in [0.25, 0.3) is 5.82 Å². The van der Waals surface area contributed by atoms with Crippen molar-refractivity contribution in [2.75, 3.05) is 10.4 Å². The molecule has 13 heteroatoms. The monoisotopic (exact) mass is 547 g/mol. The number of aromatic nitrogens is 3. The number of amides is 2. The van der Waals surface area contributed by atoms with Gasteiger partial charge in [-0.25, -0.2) is 9.67 Å². The van der Waals surface area contributed by atoms with E-state index in [0.29, 0.717) is 32.6 Å². The number of hydrogen-bond donors (Lipinski definition) is 2. The van der Waals surface area contributed by atoms with Crippen molar-refractivity contribution in [3.8, 4) is 5.82 Å². The Morgan fingerprint density at radius 2 is 1.87 bits per heavy atom. The maximum Gasteiger partial charge on any atom is 0.435 e. The zero-order valence-corrected chi connectivity index (χ0v) is 21.5. The number of nitrogens with one attached hydrogen (secondary N) is 2. The summed E-state index contributed by atoms with van der Waals surface area (Å²) in [4.78, 5) is 30.7. The van der Waals surface area contributed by atoms with Crippen molar-refractivity contribution in [2.45, 2.75) is 46.3 Å². The highest BCUT2D eigenvalue weighted by molar-refractivity contribution is 6.32. The Morgan fingerprint density at radius 1 is 1.16 bits per heavy atom. The molecule has 3 aromatic rings. The zero-order chi connectivity index (χ0) is 27.9. The zero-order valence-electron chi connectivity index (χ0n) is 20.8. The number of allylic oxidation sites excluding steroid dienone is 2. The molecule has 0 bridgehead atoms. The first-order valence-electron chi connectivity index (χ1n) is 11.5. The van der Waals surface area contributed by atoms with Crippen LogP contribution in [0.3, 0.4) is 0 Å². The van der Waals surface area contributed by atoms with E-state index < -0.39 is 29.4 Å². The fraction of sp³-hybridized carbons (Fsp3) is 0.280. The highest BCUT2D eigenvalue weighted by Crippen LogP contribution is 2.38. The quantitative estimate of drug-likeness (QED) is 0.453. The molecule has 1 aliphatic rings. The van der Waals surface area contributed by atoms with E-state index in [2.05, 4.69) is 20.7 Å². The summed E-state index contributed by atoms with van der Waals surface area (Å²) in [5.74, 6) is -1.72. The molecule has 2 N–H and O–H groups in total. The molecule has 0 unspecified atom stereocenters. The van der Waals surface area contributed by atoms with Crippen LogP contribution in [0.4, 0.5) is 24.5 Å². The normalized spacial score (nSPS) is 13.3. The van der Waals surface area contributed by atoms with Gasteiger partial charge in [0, 0.05) is 24.0 Å². The third kappa shape index (κ3) is 5.09. The number of carbonyl (C=O) groups excluding carboxylic acids is 2. The first kappa shape index (κ1) is 27.1. The number of nitrogens with zero attached hydrogens (tertiary/aromatic N) is 4. The van der Waals surface area contributed by atoms with E-state index in [1.54, 1.807) is 33.8 Å². The molecule has 0 fully saturated rings. The van der Waals surface area contributed by atoms with Gasteiger partial charge in [0.2, 0.25) is 0 Å². The molecule has 2 aromatic heterocycles. The van der Waals surface area contributed by atoms with Gasteiger partial charge >= 0.3 is 6.18 Å². The lowest BCUT2D eigenvalue weighted by Gasteiger charge is -2.27. The summed E-state index contributed by atoms with van der Waals surface area (Å²) in [6, 6.07) is 4.70. The number of alkyl halides is 3. The first-order chi connectivity index (χ1) is 17.8. The highest BCUT2D eigenvalue weighted by atomic mass is 35.5. The van der Waals surface area contributed by atoms with Gasteiger partial charge in [-0.2, -0.15) is 23.3 Å². The van der Waals surface area contributed by atoms with Crippen LogP contribution in [0, 0.1) is 6.92 Å². The van der Waals surface area contributed by atoms with Crippen LogP contribution in [-0.2, 0) is 17.8 Å². The summed E-state index contributed by atoms with van der Waals surface area (Å²) in [5, 5.41) is 22.3. The molecule has 0 saturated carbocycles. The van der Waals surface area contributed by atoms with Crippen LogP contribution in [-0.4, -0.2) is 32.6 Å². The molecule has 0 saturated heterocycles. The van der Waals surface area contributed by atoms with Gasteiger partial charge in [0.25, 0.3) is 11.8 Å². The number of fused-ring (bicyclic) bond motifs is 1. The fourth-order valence-corrected chi connectivity index (χ4v) is 4.25. The molecule has 2 amide bonds. The van der Waals surface area contributed by atoms with Gasteiger partial charge in [0.15, 0.2) is 11.5 Å². The first-order valence-corrected chi connectivity index (χ1v) is 11.9. The average molecular weight is 548 g/mol. The van der Waals surface area contributed by atoms with E-state index in [1.165, 1.54) is 24.4 Å². The number of aryl methyl sites for hydroxylation is 1. The predicted octanol–water partition coefficient (Wildman–Crippen LogP) is 5.25. The third-order valence-corrected chi connectivity index (χ3v) is 6.10. The van der Waals surface area contributed by atoms with E-state index >= 15 is 0 Å². The molecule has 9 nitrogen and oxygen atoms in total. The van der Waals surface area contributed by atoms with E-state index in [4.69, 9.17) is 11.6 Å². The third-order valence-electron chi connectivity index (χ3n) is 5.81. The van der Waals surface area contributed by atoms with Crippen LogP contribution in [0.2, 0.25) is 5.02 Å². The minimum atomic E-state index is -4.85. The summed E-state index contributed by atoms with van der Waals surface area (Å²) in [5.41, 5.74) is -0.301. The second kappa shape index (κ2) is 10.1. The number of pyridine rings is 1. The number of rotatable bonds is 5. The van der Waals surface area contributed by atoms with Crippen LogP contribution in [0.5, 0.6) is 0 Å². The van der Waals surface area contributed by atoms with Gasteiger partial charge in [-0.15, -0.1) is 0 Å². The molecule has 0 spiro atoms. The van der Waals surface area contributed by atoms with Crippen molar-refractivity contribution < 1.29 is 28.0 Å². The number of benzene rings is 1. The molecule has 1 aliphatic heterocycles. The summed E-state index contributed by atoms with van der Waals surface area (Å²) < 4.78 is 41.3. The van der Waals surface area contributed by atoms with E-state index in [9.17, 15) is 28.0 Å². The van der Waals surface area contributed by atoms with Crippen LogP contribution >= 0.6 is 11.6 Å². The average Bonchev–Trinajstić information content (AvgIpc) is 3.28. The molecule has 1 aromatic carbocycles. The SMILES string of the molecule is CC1=CCc2c(cc(C)c(NC(=O)c3cc(C(F)(F)F)nn3-c3ncccc3Cl)c2C(=O)NC(C)C)N1[O]. The van der Waals surface area contributed by atoms with E-state index in [1.807, 2.05) is 0 Å². The predicted molar refractivity (Wildman–Crippen MR) is 134 cm³/mol. The maximum atomic E-state index is 13.5. The number of hydrogen-bond acceptors (Lipinski definition) is 5. The van der Waals surface area contributed by atoms with Crippen molar-refractivity contribution >= 4 is 34.8 Å². The van der Waals surface area contributed by atoms with Crippen molar-refractivity contribution in [3.05, 3.63) is 75.3 Å². The Hall–Kier alpha value is -3.90. The lowest BCUT2D eigenvalue weighted by molar-refractivity contribution is -0.141. The summed E-state index contributed by atoms with van der Waals surface area (Å²) in [7, 11) is 0. The minimum absolute atomic E-state index is 0.0296. The maximum absolute atomic E-state index is 13.5. The molecular formula is C25H23ClF3N6O3. The number of anilines is 2. The molecular weight excluding hydrogens is 525 g/mol. The van der Waals surface area contributed by atoms with Gasteiger partial charge in [0.1, 0.15) is 5.69 Å². The highest BCUT2D eigenvalue weighted by Gasteiger charge is 2.37.